The molecule has 110 valence electrons. The summed E-state index contributed by atoms with van der Waals surface area (Å²) in [5.74, 6) is -0.460. The highest BCUT2D eigenvalue weighted by molar-refractivity contribution is 14.1. The Hall–Kier alpha value is -1.64. The first-order valence-electron chi connectivity index (χ1n) is 5.92. The van der Waals surface area contributed by atoms with E-state index in [0.29, 0.717) is 5.56 Å². The average Bonchev–Trinajstić information content (AvgIpc) is 2.44. The van der Waals surface area contributed by atoms with E-state index in [1.807, 2.05) is 22.6 Å². The Kier molecular flexibility index (Phi) is 4.81. The van der Waals surface area contributed by atoms with Crippen LogP contribution in [-0.4, -0.2) is 10.9 Å². The van der Waals surface area contributed by atoms with Gasteiger partial charge in [0.2, 0.25) is 0 Å². The van der Waals surface area contributed by atoms with Crippen molar-refractivity contribution in [1.82, 2.24) is 10.3 Å². The summed E-state index contributed by atoms with van der Waals surface area (Å²) in [7, 11) is 0. The molecule has 1 heterocycles. The van der Waals surface area contributed by atoms with Gasteiger partial charge in [-0.3, -0.25) is 9.78 Å². The van der Waals surface area contributed by atoms with E-state index in [1.54, 1.807) is 12.3 Å². The molecule has 0 saturated heterocycles. The van der Waals surface area contributed by atoms with E-state index in [4.69, 9.17) is 0 Å². The van der Waals surface area contributed by atoms with Gasteiger partial charge in [0.05, 0.1) is 11.1 Å². The second kappa shape index (κ2) is 6.42. The lowest BCUT2D eigenvalue weighted by atomic mass is 10.1. The van der Waals surface area contributed by atoms with E-state index in [-0.39, 0.29) is 12.1 Å². The maximum Gasteiger partial charge on any atom is 0.416 e. The number of benzene rings is 1. The number of rotatable bonds is 3. The molecule has 2 rings (SSSR count). The van der Waals surface area contributed by atoms with E-state index in [1.165, 1.54) is 24.4 Å². The van der Waals surface area contributed by atoms with Crippen LogP contribution in [0.15, 0.2) is 42.7 Å². The molecule has 0 aliphatic carbocycles. The lowest BCUT2D eigenvalue weighted by molar-refractivity contribution is -0.138. The van der Waals surface area contributed by atoms with Crippen molar-refractivity contribution < 1.29 is 18.0 Å². The lowest BCUT2D eigenvalue weighted by Crippen LogP contribution is -2.24. The van der Waals surface area contributed by atoms with Gasteiger partial charge in [-0.1, -0.05) is 18.2 Å². The minimum absolute atomic E-state index is 0.0249. The highest BCUT2D eigenvalue weighted by atomic mass is 127. The standard InChI is InChI=1S/C14H10F3IN2O/c15-14(16,17)12-4-2-1-3-9(12)7-20-13(21)10-5-11(18)8-19-6-10/h1-6,8H,7H2,(H,20,21). The summed E-state index contributed by atoms with van der Waals surface area (Å²) in [4.78, 5) is 15.8. The third-order valence-corrected chi connectivity index (χ3v) is 3.32. The zero-order valence-electron chi connectivity index (χ0n) is 10.6. The van der Waals surface area contributed by atoms with Gasteiger partial charge < -0.3 is 5.32 Å². The third kappa shape index (κ3) is 4.16. The fraction of sp³-hybridized carbons (Fsp3) is 0.143. The second-order valence-corrected chi connectivity index (χ2v) is 5.48. The summed E-state index contributed by atoms with van der Waals surface area (Å²) in [5, 5.41) is 2.47. The summed E-state index contributed by atoms with van der Waals surface area (Å²) in [5.41, 5.74) is -0.408. The lowest BCUT2D eigenvalue weighted by Gasteiger charge is -2.13. The monoisotopic (exact) mass is 406 g/mol. The van der Waals surface area contributed by atoms with E-state index >= 15 is 0 Å². The Bertz CT molecular complexity index is 659. The van der Waals surface area contributed by atoms with Crippen LogP contribution in [-0.2, 0) is 12.7 Å². The first kappa shape index (κ1) is 15.7. The van der Waals surface area contributed by atoms with Crippen LogP contribution in [0.3, 0.4) is 0 Å². The molecule has 7 heteroatoms. The Morgan fingerprint density at radius 1 is 1.24 bits per heavy atom. The summed E-state index contributed by atoms with van der Waals surface area (Å²) in [6.45, 7) is -0.194. The predicted molar refractivity (Wildman–Crippen MR) is 79.6 cm³/mol. The number of amides is 1. The molecule has 0 saturated carbocycles. The zero-order chi connectivity index (χ0) is 15.5. The highest BCUT2D eigenvalue weighted by Gasteiger charge is 2.32. The number of aromatic nitrogens is 1. The minimum atomic E-state index is -4.44. The normalized spacial score (nSPS) is 11.2. The van der Waals surface area contributed by atoms with Crippen LogP contribution in [0, 0.1) is 3.57 Å². The van der Waals surface area contributed by atoms with Crippen LogP contribution in [0.25, 0.3) is 0 Å². The highest BCUT2D eigenvalue weighted by Crippen LogP contribution is 2.31. The molecular weight excluding hydrogens is 396 g/mol. The van der Waals surface area contributed by atoms with Crippen LogP contribution < -0.4 is 5.32 Å². The number of alkyl halides is 3. The second-order valence-electron chi connectivity index (χ2n) is 4.23. The van der Waals surface area contributed by atoms with Gasteiger partial charge in [-0.25, -0.2) is 0 Å². The van der Waals surface area contributed by atoms with E-state index < -0.39 is 17.6 Å². The van der Waals surface area contributed by atoms with Gasteiger partial charge in [-0.2, -0.15) is 13.2 Å². The quantitative estimate of drug-likeness (QED) is 0.792. The first-order chi connectivity index (χ1) is 9.88. The van der Waals surface area contributed by atoms with E-state index in [2.05, 4.69) is 10.3 Å². The SMILES string of the molecule is O=C(NCc1ccccc1C(F)(F)F)c1cncc(I)c1. The molecule has 3 nitrogen and oxygen atoms in total. The average molecular weight is 406 g/mol. The van der Waals surface area contributed by atoms with Crippen LogP contribution in [0.2, 0.25) is 0 Å². The molecule has 0 atom stereocenters. The molecule has 1 N–H and O–H groups in total. The van der Waals surface area contributed by atoms with Crippen LogP contribution in [0.1, 0.15) is 21.5 Å². The molecule has 21 heavy (non-hydrogen) atoms. The van der Waals surface area contributed by atoms with Gasteiger partial charge in [0, 0.05) is 22.5 Å². The number of hydrogen-bond acceptors (Lipinski definition) is 2. The van der Waals surface area contributed by atoms with Gasteiger partial charge in [0.25, 0.3) is 5.91 Å². The molecular formula is C14H10F3IN2O. The maximum atomic E-state index is 12.8. The Balaban J connectivity index is 2.12. The molecule has 0 bridgehead atoms. The predicted octanol–water partition coefficient (Wildman–Crippen LogP) is 3.64. The van der Waals surface area contributed by atoms with Crippen molar-refractivity contribution in [2.24, 2.45) is 0 Å². The molecule has 1 amide bonds. The molecule has 2 aromatic rings. The Labute approximate surface area is 132 Å². The summed E-state index contributed by atoms with van der Waals surface area (Å²) in [6, 6.07) is 6.77. The van der Waals surface area contributed by atoms with Crippen LogP contribution in [0.5, 0.6) is 0 Å². The Morgan fingerprint density at radius 3 is 2.62 bits per heavy atom. The zero-order valence-corrected chi connectivity index (χ0v) is 12.8. The van der Waals surface area contributed by atoms with Crippen molar-refractivity contribution in [1.29, 1.82) is 0 Å². The van der Waals surface area contributed by atoms with E-state index in [9.17, 15) is 18.0 Å². The summed E-state index contributed by atoms with van der Waals surface area (Å²) >= 11 is 2.00. The molecule has 1 aromatic carbocycles. The molecule has 1 aromatic heterocycles. The number of halogens is 4. The van der Waals surface area contributed by atoms with Gasteiger partial charge in [0.15, 0.2) is 0 Å². The van der Waals surface area contributed by atoms with Crippen molar-refractivity contribution in [2.75, 3.05) is 0 Å². The Morgan fingerprint density at radius 2 is 1.95 bits per heavy atom. The molecule has 0 spiro atoms. The van der Waals surface area contributed by atoms with Crippen molar-refractivity contribution >= 4 is 28.5 Å². The number of nitrogens with one attached hydrogen (secondary N) is 1. The molecule has 0 aliphatic heterocycles. The number of carbonyl (C=O) groups is 1. The molecule has 0 fully saturated rings. The van der Waals surface area contributed by atoms with Gasteiger partial charge in [-0.15, -0.1) is 0 Å². The number of nitrogens with zero attached hydrogens (tertiary/aromatic N) is 1. The molecule has 0 unspecified atom stereocenters. The van der Waals surface area contributed by atoms with Gasteiger partial charge in [0.1, 0.15) is 0 Å². The van der Waals surface area contributed by atoms with Gasteiger partial charge in [-0.05, 0) is 40.3 Å². The van der Waals surface area contributed by atoms with Crippen LogP contribution >= 0.6 is 22.6 Å². The third-order valence-electron chi connectivity index (χ3n) is 2.73. The van der Waals surface area contributed by atoms with Crippen molar-refractivity contribution in [3.05, 3.63) is 63.0 Å². The number of pyridine rings is 1. The van der Waals surface area contributed by atoms with E-state index in [0.717, 1.165) is 9.64 Å². The minimum Gasteiger partial charge on any atom is -0.348 e. The number of carbonyl (C=O) groups excluding carboxylic acids is 1. The van der Waals surface area contributed by atoms with Crippen molar-refractivity contribution in [3.8, 4) is 0 Å². The van der Waals surface area contributed by atoms with Crippen molar-refractivity contribution in [2.45, 2.75) is 12.7 Å². The molecule has 0 radical (unpaired) electrons. The molecule has 0 aliphatic rings. The largest absolute Gasteiger partial charge is 0.416 e. The summed E-state index contributed by atoms with van der Waals surface area (Å²) in [6.07, 6.45) is -1.49. The van der Waals surface area contributed by atoms with Gasteiger partial charge >= 0.3 is 6.18 Å². The summed E-state index contributed by atoms with van der Waals surface area (Å²) < 4.78 is 39.2. The maximum absolute atomic E-state index is 12.8. The first-order valence-corrected chi connectivity index (χ1v) is 6.99. The number of hydrogen-bond donors (Lipinski definition) is 1. The topological polar surface area (TPSA) is 42.0 Å². The smallest absolute Gasteiger partial charge is 0.348 e. The fourth-order valence-electron chi connectivity index (χ4n) is 1.76. The van der Waals surface area contributed by atoms with Crippen LogP contribution in [0.4, 0.5) is 13.2 Å². The van der Waals surface area contributed by atoms with Crippen molar-refractivity contribution in [3.63, 3.8) is 0 Å². The fourth-order valence-corrected chi connectivity index (χ4v) is 2.26.